The zero-order valence-corrected chi connectivity index (χ0v) is 14.9. The number of nitrogens with one attached hydrogen (secondary N) is 1. The zero-order chi connectivity index (χ0) is 18.9. The van der Waals surface area contributed by atoms with Gasteiger partial charge < -0.3 is 15.0 Å². The molecule has 0 saturated carbocycles. The van der Waals surface area contributed by atoms with E-state index in [-0.39, 0.29) is 11.8 Å². The molecule has 2 rings (SSSR count). The topological polar surface area (TPSA) is 82.4 Å². The first-order valence-corrected chi connectivity index (χ1v) is 8.32. The predicted octanol–water partition coefficient (Wildman–Crippen LogP) is 2.46. The Balaban J connectivity index is 1.82. The highest BCUT2D eigenvalue weighted by atomic mass is 16.5. The van der Waals surface area contributed by atoms with Gasteiger partial charge in [0.1, 0.15) is 12.4 Å². The van der Waals surface area contributed by atoms with Crippen LogP contribution in [0.1, 0.15) is 33.2 Å². The minimum absolute atomic E-state index is 0.0764. The summed E-state index contributed by atoms with van der Waals surface area (Å²) in [4.78, 5) is 25.8. The molecule has 0 spiro atoms. The van der Waals surface area contributed by atoms with E-state index in [1.807, 2.05) is 13.0 Å². The van der Waals surface area contributed by atoms with Gasteiger partial charge in [0.2, 0.25) is 0 Å². The quantitative estimate of drug-likeness (QED) is 0.777. The molecule has 0 aliphatic rings. The van der Waals surface area contributed by atoms with Gasteiger partial charge >= 0.3 is 0 Å². The SMILES string of the molecule is CCN(C)C(=O)c1ccc(C(=O)NCCOc2cccc(C#N)c2)cc1. The lowest BCUT2D eigenvalue weighted by atomic mass is 10.1. The molecule has 0 aliphatic carbocycles. The molecule has 26 heavy (non-hydrogen) atoms. The van der Waals surface area contributed by atoms with Crippen LogP contribution in [-0.2, 0) is 0 Å². The van der Waals surface area contributed by atoms with Crippen LogP contribution in [0.25, 0.3) is 0 Å². The number of nitriles is 1. The van der Waals surface area contributed by atoms with Gasteiger partial charge in [0.15, 0.2) is 0 Å². The van der Waals surface area contributed by atoms with Crippen molar-refractivity contribution in [3.8, 4) is 11.8 Å². The van der Waals surface area contributed by atoms with E-state index in [1.165, 1.54) is 0 Å². The molecule has 0 radical (unpaired) electrons. The summed E-state index contributed by atoms with van der Waals surface area (Å²) in [5.74, 6) is 0.274. The summed E-state index contributed by atoms with van der Waals surface area (Å²) in [6.45, 7) is 3.14. The highest BCUT2D eigenvalue weighted by molar-refractivity contribution is 5.97. The monoisotopic (exact) mass is 351 g/mol. The van der Waals surface area contributed by atoms with Crippen LogP contribution < -0.4 is 10.1 Å². The number of carbonyl (C=O) groups is 2. The third-order valence-electron chi connectivity index (χ3n) is 3.83. The lowest BCUT2D eigenvalue weighted by Gasteiger charge is -2.14. The third kappa shape index (κ3) is 5.08. The van der Waals surface area contributed by atoms with Crippen molar-refractivity contribution in [1.29, 1.82) is 5.26 Å². The Morgan fingerprint density at radius 1 is 1.15 bits per heavy atom. The summed E-state index contributed by atoms with van der Waals surface area (Å²) in [5, 5.41) is 11.6. The summed E-state index contributed by atoms with van der Waals surface area (Å²) in [6, 6.07) is 15.4. The van der Waals surface area contributed by atoms with Gasteiger partial charge in [-0.25, -0.2) is 0 Å². The van der Waals surface area contributed by atoms with Crippen molar-refractivity contribution >= 4 is 11.8 Å². The van der Waals surface area contributed by atoms with Crippen molar-refractivity contribution in [3.63, 3.8) is 0 Å². The molecule has 1 N–H and O–H groups in total. The van der Waals surface area contributed by atoms with Crippen molar-refractivity contribution in [3.05, 3.63) is 65.2 Å². The smallest absolute Gasteiger partial charge is 0.253 e. The molecule has 6 heteroatoms. The molecule has 0 bridgehead atoms. The highest BCUT2D eigenvalue weighted by Gasteiger charge is 2.11. The summed E-state index contributed by atoms with van der Waals surface area (Å²) >= 11 is 0. The largest absolute Gasteiger partial charge is 0.492 e. The van der Waals surface area contributed by atoms with Gasteiger partial charge in [-0.05, 0) is 49.4 Å². The number of ether oxygens (including phenoxy) is 1. The summed E-state index contributed by atoms with van der Waals surface area (Å²) in [5.41, 5.74) is 1.55. The van der Waals surface area contributed by atoms with Crippen LogP contribution in [-0.4, -0.2) is 43.5 Å². The molecule has 0 saturated heterocycles. The van der Waals surface area contributed by atoms with Crippen LogP contribution in [0.2, 0.25) is 0 Å². The van der Waals surface area contributed by atoms with E-state index in [9.17, 15) is 9.59 Å². The van der Waals surface area contributed by atoms with Gasteiger partial charge in [0.05, 0.1) is 18.2 Å². The third-order valence-corrected chi connectivity index (χ3v) is 3.83. The number of benzene rings is 2. The van der Waals surface area contributed by atoms with Crippen molar-refractivity contribution in [2.45, 2.75) is 6.92 Å². The second kappa shape index (κ2) is 9.23. The first-order chi connectivity index (χ1) is 12.5. The van der Waals surface area contributed by atoms with Gasteiger partial charge in [-0.2, -0.15) is 5.26 Å². The van der Waals surface area contributed by atoms with E-state index >= 15 is 0 Å². The van der Waals surface area contributed by atoms with E-state index in [0.717, 1.165) is 0 Å². The fourth-order valence-electron chi connectivity index (χ4n) is 2.22. The lowest BCUT2D eigenvalue weighted by Crippen LogP contribution is -2.28. The Labute approximate surface area is 153 Å². The fraction of sp³-hybridized carbons (Fsp3) is 0.250. The molecule has 6 nitrogen and oxygen atoms in total. The summed E-state index contributed by atoms with van der Waals surface area (Å²) in [6.07, 6.45) is 0. The Morgan fingerprint density at radius 2 is 1.85 bits per heavy atom. The molecule has 0 atom stereocenters. The van der Waals surface area contributed by atoms with Gasteiger partial charge in [0, 0.05) is 24.7 Å². The number of amides is 2. The maximum absolute atomic E-state index is 12.1. The first kappa shape index (κ1) is 19.0. The van der Waals surface area contributed by atoms with Crippen molar-refractivity contribution < 1.29 is 14.3 Å². The van der Waals surface area contributed by atoms with Crippen LogP contribution in [0.5, 0.6) is 5.75 Å². The fourth-order valence-corrected chi connectivity index (χ4v) is 2.22. The Bertz CT molecular complexity index is 810. The van der Waals surface area contributed by atoms with Crippen LogP contribution in [0.4, 0.5) is 0 Å². The maximum atomic E-state index is 12.1. The zero-order valence-electron chi connectivity index (χ0n) is 14.9. The molecule has 0 heterocycles. The molecular weight excluding hydrogens is 330 g/mol. The van der Waals surface area contributed by atoms with Crippen molar-refractivity contribution in [2.75, 3.05) is 26.7 Å². The van der Waals surface area contributed by atoms with Gasteiger partial charge in [-0.3, -0.25) is 9.59 Å². The minimum Gasteiger partial charge on any atom is -0.492 e. The second-order valence-electron chi connectivity index (χ2n) is 5.64. The number of nitrogens with zero attached hydrogens (tertiary/aromatic N) is 2. The predicted molar refractivity (Wildman–Crippen MR) is 98.1 cm³/mol. The molecule has 0 fully saturated rings. The Hall–Kier alpha value is -3.33. The molecule has 0 aromatic heterocycles. The average Bonchev–Trinajstić information content (AvgIpc) is 2.70. The van der Waals surface area contributed by atoms with E-state index in [4.69, 9.17) is 10.00 Å². The normalized spacial score (nSPS) is 9.88. The number of hydrogen-bond acceptors (Lipinski definition) is 4. The number of rotatable bonds is 7. The molecule has 0 aliphatic heterocycles. The van der Waals surface area contributed by atoms with E-state index in [1.54, 1.807) is 60.5 Å². The van der Waals surface area contributed by atoms with Gasteiger partial charge in [0.25, 0.3) is 11.8 Å². The van der Waals surface area contributed by atoms with E-state index in [2.05, 4.69) is 5.32 Å². The minimum atomic E-state index is -0.234. The lowest BCUT2D eigenvalue weighted by molar-refractivity contribution is 0.0801. The summed E-state index contributed by atoms with van der Waals surface area (Å²) < 4.78 is 5.51. The molecule has 0 unspecified atom stereocenters. The first-order valence-electron chi connectivity index (χ1n) is 8.32. The Morgan fingerprint density at radius 3 is 2.50 bits per heavy atom. The molecule has 2 amide bonds. The Kier molecular flexibility index (Phi) is 6.75. The van der Waals surface area contributed by atoms with Crippen LogP contribution in [0.3, 0.4) is 0 Å². The van der Waals surface area contributed by atoms with Crippen LogP contribution >= 0.6 is 0 Å². The van der Waals surface area contributed by atoms with Crippen molar-refractivity contribution in [1.82, 2.24) is 10.2 Å². The molecule has 134 valence electrons. The molecule has 2 aromatic carbocycles. The van der Waals surface area contributed by atoms with Gasteiger partial charge in [-0.1, -0.05) is 6.07 Å². The standard InChI is InChI=1S/C20H21N3O3/c1-3-23(2)20(25)17-9-7-16(8-10-17)19(24)22-11-12-26-18-6-4-5-15(13-18)14-21/h4-10,13H,3,11-12H2,1-2H3,(H,22,24). The van der Waals surface area contributed by atoms with Crippen LogP contribution in [0, 0.1) is 11.3 Å². The number of carbonyl (C=O) groups excluding carboxylic acids is 2. The van der Waals surface area contributed by atoms with E-state index in [0.29, 0.717) is 42.1 Å². The second-order valence-corrected chi connectivity index (χ2v) is 5.64. The highest BCUT2D eigenvalue weighted by Crippen LogP contribution is 2.12. The van der Waals surface area contributed by atoms with E-state index < -0.39 is 0 Å². The summed E-state index contributed by atoms with van der Waals surface area (Å²) in [7, 11) is 1.73. The molecular formula is C20H21N3O3. The number of hydrogen-bond donors (Lipinski definition) is 1. The maximum Gasteiger partial charge on any atom is 0.253 e. The van der Waals surface area contributed by atoms with Crippen LogP contribution in [0.15, 0.2) is 48.5 Å². The van der Waals surface area contributed by atoms with Gasteiger partial charge in [-0.15, -0.1) is 0 Å². The average molecular weight is 351 g/mol. The van der Waals surface area contributed by atoms with Crippen molar-refractivity contribution in [2.24, 2.45) is 0 Å². The molecule has 2 aromatic rings.